The van der Waals surface area contributed by atoms with Crippen molar-refractivity contribution in [1.82, 2.24) is 10.2 Å². The molecule has 144 valence electrons. The molecular formula is C20H19FN4OS2. The van der Waals surface area contributed by atoms with Crippen LogP contribution in [0.4, 0.5) is 20.9 Å². The number of fused-ring (bicyclic) bond motifs is 1. The number of aromatic nitrogens is 2. The van der Waals surface area contributed by atoms with E-state index in [9.17, 15) is 9.18 Å². The minimum absolute atomic E-state index is 0.0669. The van der Waals surface area contributed by atoms with Crippen molar-refractivity contribution in [2.24, 2.45) is 0 Å². The average molecular weight is 415 g/mol. The van der Waals surface area contributed by atoms with Crippen LogP contribution >= 0.6 is 23.1 Å². The van der Waals surface area contributed by atoms with Gasteiger partial charge in [0.25, 0.3) is 0 Å². The number of thioether (sulfide) groups is 1. The molecule has 28 heavy (non-hydrogen) atoms. The molecule has 4 rings (SSSR count). The van der Waals surface area contributed by atoms with Gasteiger partial charge in [0.2, 0.25) is 11.0 Å². The Morgan fingerprint density at radius 1 is 1.29 bits per heavy atom. The van der Waals surface area contributed by atoms with E-state index in [4.69, 9.17) is 0 Å². The van der Waals surface area contributed by atoms with Gasteiger partial charge >= 0.3 is 0 Å². The number of halogens is 1. The number of carbonyl (C=O) groups is 1. The molecule has 1 aliphatic heterocycles. The summed E-state index contributed by atoms with van der Waals surface area (Å²) in [5, 5.41) is 11.6. The second-order valence-electron chi connectivity index (χ2n) is 6.66. The quantitative estimate of drug-likeness (QED) is 0.603. The Morgan fingerprint density at radius 2 is 2.11 bits per heavy atom. The lowest BCUT2D eigenvalue weighted by atomic mass is 10.1. The lowest BCUT2D eigenvalue weighted by Gasteiger charge is -2.25. The van der Waals surface area contributed by atoms with Crippen LogP contribution in [0.25, 0.3) is 0 Å². The number of rotatable bonds is 5. The van der Waals surface area contributed by atoms with Gasteiger partial charge in [-0.25, -0.2) is 4.39 Å². The maximum absolute atomic E-state index is 13.3. The van der Waals surface area contributed by atoms with Crippen molar-refractivity contribution < 1.29 is 9.18 Å². The molecule has 0 radical (unpaired) electrons. The van der Waals surface area contributed by atoms with Crippen LogP contribution in [0.1, 0.15) is 19.4 Å². The van der Waals surface area contributed by atoms with E-state index in [-0.39, 0.29) is 23.0 Å². The van der Waals surface area contributed by atoms with Crippen molar-refractivity contribution in [2.45, 2.75) is 35.9 Å². The summed E-state index contributed by atoms with van der Waals surface area (Å²) in [4.78, 5) is 15.0. The zero-order valence-electron chi connectivity index (χ0n) is 15.4. The van der Waals surface area contributed by atoms with Crippen LogP contribution in [0.2, 0.25) is 0 Å². The Hall–Kier alpha value is -2.45. The molecule has 2 heterocycles. The third kappa shape index (κ3) is 3.88. The third-order valence-corrected chi connectivity index (χ3v) is 6.56. The summed E-state index contributed by atoms with van der Waals surface area (Å²) in [6, 6.07) is 14.4. The van der Waals surface area contributed by atoms with E-state index in [1.807, 2.05) is 30.0 Å². The Bertz CT molecular complexity index is 1010. The number of nitrogens with one attached hydrogen (secondary N) is 1. The second-order valence-corrected chi connectivity index (χ2v) is 9.22. The van der Waals surface area contributed by atoms with Gasteiger partial charge in [0.05, 0.1) is 5.25 Å². The molecule has 3 aromatic rings. The summed E-state index contributed by atoms with van der Waals surface area (Å²) in [5.74, 6) is -0.249. The highest BCUT2D eigenvalue weighted by molar-refractivity contribution is 8.02. The van der Waals surface area contributed by atoms with Crippen molar-refractivity contribution in [2.75, 3.05) is 10.2 Å². The minimum Gasteiger partial charge on any atom is -0.330 e. The van der Waals surface area contributed by atoms with Crippen LogP contribution in [0.3, 0.4) is 0 Å². The molecule has 1 aromatic heterocycles. The van der Waals surface area contributed by atoms with Gasteiger partial charge in [0.1, 0.15) is 5.82 Å². The zero-order valence-corrected chi connectivity index (χ0v) is 17.1. The highest BCUT2D eigenvalue weighted by Gasteiger charge is 2.33. The van der Waals surface area contributed by atoms with Gasteiger partial charge in [0, 0.05) is 17.4 Å². The summed E-state index contributed by atoms with van der Waals surface area (Å²) in [6.07, 6.45) is 0.875. The first-order chi connectivity index (χ1) is 13.5. The summed E-state index contributed by atoms with van der Waals surface area (Å²) in [5.41, 5.74) is 2.82. The van der Waals surface area contributed by atoms with E-state index in [0.29, 0.717) is 15.2 Å². The molecule has 0 bridgehead atoms. The van der Waals surface area contributed by atoms with Gasteiger partial charge in [-0.15, -0.1) is 10.2 Å². The van der Waals surface area contributed by atoms with Crippen LogP contribution in [-0.2, 0) is 11.2 Å². The SMILES string of the molecule is C[C@@H]1Cc2ccccc2N1C(=O)[C@@H](C)Sc1nnc(Nc2cccc(F)c2)s1. The molecule has 0 saturated heterocycles. The lowest BCUT2D eigenvalue weighted by Crippen LogP contribution is -2.40. The number of carbonyl (C=O) groups excluding carboxylic acids is 1. The number of hydrogen-bond donors (Lipinski definition) is 1. The first-order valence-electron chi connectivity index (χ1n) is 8.95. The highest BCUT2D eigenvalue weighted by Crippen LogP contribution is 2.36. The summed E-state index contributed by atoms with van der Waals surface area (Å²) < 4.78 is 14.0. The third-order valence-electron chi connectivity index (χ3n) is 4.55. The van der Waals surface area contributed by atoms with Crippen LogP contribution in [0.15, 0.2) is 52.9 Å². The maximum atomic E-state index is 13.3. The van der Waals surface area contributed by atoms with Crippen LogP contribution in [0, 0.1) is 5.82 Å². The molecular weight excluding hydrogens is 395 g/mol. The fraction of sp³-hybridized carbons (Fsp3) is 0.250. The van der Waals surface area contributed by atoms with E-state index in [1.165, 1.54) is 40.8 Å². The monoisotopic (exact) mass is 414 g/mol. The minimum atomic E-state index is -0.316. The van der Waals surface area contributed by atoms with Crippen LogP contribution < -0.4 is 10.2 Å². The van der Waals surface area contributed by atoms with Gasteiger partial charge in [-0.1, -0.05) is 47.4 Å². The van der Waals surface area contributed by atoms with E-state index >= 15 is 0 Å². The van der Waals surface area contributed by atoms with Gasteiger partial charge in [-0.05, 0) is 50.1 Å². The second kappa shape index (κ2) is 7.89. The number of benzene rings is 2. The topological polar surface area (TPSA) is 58.1 Å². The lowest BCUT2D eigenvalue weighted by molar-refractivity contribution is -0.118. The zero-order chi connectivity index (χ0) is 19.7. The number of para-hydroxylation sites is 1. The van der Waals surface area contributed by atoms with Crippen molar-refractivity contribution in [3.8, 4) is 0 Å². The Balaban J connectivity index is 1.43. The molecule has 2 aromatic carbocycles. The van der Waals surface area contributed by atoms with Crippen molar-refractivity contribution in [1.29, 1.82) is 0 Å². The molecule has 0 saturated carbocycles. The Morgan fingerprint density at radius 3 is 2.93 bits per heavy atom. The number of nitrogens with zero attached hydrogens (tertiary/aromatic N) is 3. The maximum Gasteiger partial charge on any atom is 0.240 e. The summed E-state index contributed by atoms with van der Waals surface area (Å²) in [7, 11) is 0. The molecule has 1 aliphatic rings. The number of amides is 1. The smallest absolute Gasteiger partial charge is 0.240 e. The van der Waals surface area contributed by atoms with Gasteiger partial charge in [-0.3, -0.25) is 4.79 Å². The van der Waals surface area contributed by atoms with Gasteiger partial charge < -0.3 is 10.2 Å². The average Bonchev–Trinajstić information content (AvgIpc) is 3.24. The number of anilines is 3. The Kier molecular flexibility index (Phi) is 5.32. The fourth-order valence-corrected chi connectivity index (χ4v) is 5.26. The highest BCUT2D eigenvalue weighted by atomic mass is 32.2. The molecule has 2 atom stereocenters. The molecule has 1 amide bonds. The van der Waals surface area contributed by atoms with Crippen LogP contribution in [-0.4, -0.2) is 27.4 Å². The molecule has 5 nitrogen and oxygen atoms in total. The molecule has 0 unspecified atom stereocenters. The summed E-state index contributed by atoms with van der Waals surface area (Å²) >= 11 is 2.73. The Labute approximate surface area is 171 Å². The van der Waals surface area contributed by atoms with Crippen molar-refractivity contribution in [3.63, 3.8) is 0 Å². The first kappa shape index (κ1) is 18.9. The summed E-state index contributed by atoms with van der Waals surface area (Å²) in [6.45, 7) is 3.96. The number of hydrogen-bond acceptors (Lipinski definition) is 6. The fourth-order valence-electron chi connectivity index (χ4n) is 3.30. The largest absolute Gasteiger partial charge is 0.330 e. The van der Waals surface area contributed by atoms with E-state index < -0.39 is 0 Å². The first-order valence-corrected chi connectivity index (χ1v) is 10.6. The standard InChI is InChI=1S/C20H19FN4OS2/c1-12-10-14-6-3-4-9-17(14)25(12)18(26)13(2)27-20-24-23-19(28-20)22-16-8-5-7-15(21)11-16/h3-9,11-13H,10H2,1-2H3,(H,22,23)/t12-,13-/m1/s1. The normalized spacial score (nSPS) is 16.7. The van der Waals surface area contributed by atoms with Gasteiger partial charge in [0.15, 0.2) is 4.34 Å². The van der Waals surface area contributed by atoms with E-state index in [1.54, 1.807) is 12.1 Å². The van der Waals surface area contributed by atoms with E-state index in [0.717, 1.165) is 12.1 Å². The molecule has 1 N–H and O–H groups in total. The van der Waals surface area contributed by atoms with E-state index in [2.05, 4.69) is 28.5 Å². The van der Waals surface area contributed by atoms with Crippen molar-refractivity contribution in [3.05, 3.63) is 59.9 Å². The predicted molar refractivity (Wildman–Crippen MR) is 112 cm³/mol. The van der Waals surface area contributed by atoms with Gasteiger partial charge in [-0.2, -0.15) is 0 Å². The molecule has 0 aliphatic carbocycles. The van der Waals surface area contributed by atoms with Crippen LogP contribution in [0.5, 0.6) is 0 Å². The van der Waals surface area contributed by atoms with Crippen molar-refractivity contribution >= 4 is 45.5 Å². The molecule has 8 heteroatoms. The molecule has 0 fully saturated rings. The predicted octanol–water partition coefficient (Wildman–Crippen LogP) is 4.88. The molecule has 0 spiro atoms.